The summed E-state index contributed by atoms with van der Waals surface area (Å²) in [5.41, 5.74) is 8.45. The zero-order valence-electron chi connectivity index (χ0n) is 11.9. The fourth-order valence-electron chi connectivity index (χ4n) is 2.22. The van der Waals surface area contributed by atoms with Crippen molar-refractivity contribution < 1.29 is 0 Å². The molecular weight excluding hydrogens is 244 g/mol. The number of halogens is 1. The van der Waals surface area contributed by atoms with Crippen LogP contribution in [0.5, 0.6) is 0 Å². The molecule has 2 N–H and O–H groups in total. The summed E-state index contributed by atoms with van der Waals surface area (Å²) in [6.45, 7) is 7.54. The van der Waals surface area contributed by atoms with E-state index >= 15 is 0 Å². The zero-order valence-corrected chi connectivity index (χ0v) is 12.7. The van der Waals surface area contributed by atoms with E-state index in [0.29, 0.717) is 5.92 Å². The number of hydrogen-bond donors (Lipinski definition) is 1. The molecule has 1 atom stereocenters. The van der Waals surface area contributed by atoms with E-state index < -0.39 is 0 Å². The summed E-state index contributed by atoms with van der Waals surface area (Å²) in [6, 6.07) is 6.30. The molecule has 0 amide bonds. The van der Waals surface area contributed by atoms with E-state index in [9.17, 15) is 0 Å². The first-order valence-corrected chi connectivity index (χ1v) is 7.07. The van der Waals surface area contributed by atoms with Crippen molar-refractivity contribution in [2.24, 2.45) is 11.7 Å². The largest absolute Gasteiger partial charge is 0.373 e. The lowest BCUT2D eigenvalue weighted by molar-refractivity contribution is 0.626. The Morgan fingerprint density at radius 3 is 2.56 bits per heavy atom. The number of nitrogens with two attached hydrogens (primary N) is 1. The van der Waals surface area contributed by atoms with Crippen LogP contribution in [0.25, 0.3) is 0 Å². The molecule has 1 rings (SSSR count). The molecule has 0 saturated heterocycles. The molecular formula is C15H25ClN2. The Bertz CT molecular complexity index is 377. The first-order chi connectivity index (χ1) is 8.45. The quantitative estimate of drug-likeness (QED) is 0.852. The molecule has 1 aromatic carbocycles. The van der Waals surface area contributed by atoms with Gasteiger partial charge in [-0.25, -0.2) is 0 Å². The Balaban J connectivity index is 3.00. The molecule has 1 aromatic rings. The van der Waals surface area contributed by atoms with Crippen molar-refractivity contribution in [3.8, 4) is 0 Å². The second-order valence-corrected chi connectivity index (χ2v) is 5.80. The molecule has 0 spiro atoms. The molecule has 0 aliphatic heterocycles. The highest BCUT2D eigenvalue weighted by atomic mass is 35.5. The number of benzene rings is 1. The van der Waals surface area contributed by atoms with E-state index in [2.05, 4.69) is 38.8 Å². The highest BCUT2D eigenvalue weighted by Crippen LogP contribution is 2.30. The number of nitrogens with zero attached hydrogens (tertiary/aromatic N) is 1. The summed E-state index contributed by atoms with van der Waals surface area (Å²) in [4.78, 5) is 2.24. The number of anilines is 1. The maximum atomic E-state index is 6.35. The van der Waals surface area contributed by atoms with Crippen molar-refractivity contribution >= 4 is 17.3 Å². The van der Waals surface area contributed by atoms with E-state index in [1.165, 1.54) is 5.56 Å². The average molecular weight is 269 g/mol. The minimum Gasteiger partial charge on any atom is -0.373 e. The molecule has 0 heterocycles. The smallest absolute Gasteiger partial charge is 0.0642 e. The monoisotopic (exact) mass is 268 g/mol. The summed E-state index contributed by atoms with van der Waals surface area (Å²) < 4.78 is 0. The molecule has 102 valence electrons. The van der Waals surface area contributed by atoms with Gasteiger partial charge in [-0.1, -0.05) is 44.5 Å². The second kappa shape index (κ2) is 7.01. The Labute approximate surface area is 116 Å². The molecule has 3 heteroatoms. The fourth-order valence-corrected chi connectivity index (χ4v) is 2.56. The first-order valence-electron chi connectivity index (χ1n) is 6.69. The maximum Gasteiger partial charge on any atom is 0.0642 e. The van der Waals surface area contributed by atoms with Gasteiger partial charge in [-0.3, -0.25) is 0 Å². The van der Waals surface area contributed by atoms with Crippen LogP contribution in [-0.4, -0.2) is 19.6 Å². The van der Waals surface area contributed by atoms with Gasteiger partial charge in [0.05, 0.1) is 10.7 Å². The lowest BCUT2D eigenvalue weighted by Crippen LogP contribution is -2.27. The maximum absolute atomic E-state index is 6.35. The molecule has 1 unspecified atom stereocenters. The molecule has 0 aliphatic rings. The Morgan fingerprint density at radius 2 is 2.00 bits per heavy atom. The summed E-state index contributed by atoms with van der Waals surface area (Å²) >= 11 is 6.35. The molecule has 0 fully saturated rings. The van der Waals surface area contributed by atoms with Crippen LogP contribution in [0.2, 0.25) is 5.02 Å². The first kappa shape index (κ1) is 15.3. The van der Waals surface area contributed by atoms with Crippen LogP contribution in [0.4, 0.5) is 5.69 Å². The predicted molar refractivity (Wildman–Crippen MR) is 81.5 cm³/mol. The molecule has 18 heavy (non-hydrogen) atoms. The Hall–Kier alpha value is -0.730. The van der Waals surface area contributed by atoms with Gasteiger partial charge in [0, 0.05) is 19.6 Å². The Kier molecular flexibility index (Phi) is 5.97. The minimum atomic E-state index is 0.203. The summed E-state index contributed by atoms with van der Waals surface area (Å²) in [7, 11) is 2.10. The third kappa shape index (κ3) is 4.18. The van der Waals surface area contributed by atoms with Crippen molar-refractivity contribution in [3.63, 3.8) is 0 Å². The standard InChI is InChI=1S/C15H25ClN2/c1-5-13(17)9-12-7-6-8-14(16)15(12)18(4)10-11(2)3/h6-8,11,13H,5,9-10,17H2,1-4H3. The third-order valence-electron chi connectivity index (χ3n) is 3.10. The Morgan fingerprint density at radius 1 is 1.33 bits per heavy atom. The summed E-state index contributed by atoms with van der Waals surface area (Å²) in [6.07, 6.45) is 1.87. The van der Waals surface area contributed by atoms with Crippen molar-refractivity contribution in [2.45, 2.75) is 39.7 Å². The van der Waals surface area contributed by atoms with Crippen molar-refractivity contribution in [1.29, 1.82) is 0 Å². The number of hydrogen-bond acceptors (Lipinski definition) is 2. The van der Waals surface area contributed by atoms with Gasteiger partial charge in [-0.2, -0.15) is 0 Å². The summed E-state index contributed by atoms with van der Waals surface area (Å²) in [5, 5.41) is 0.818. The van der Waals surface area contributed by atoms with E-state index in [-0.39, 0.29) is 6.04 Å². The molecule has 0 radical (unpaired) electrons. The van der Waals surface area contributed by atoms with Gasteiger partial charge < -0.3 is 10.6 Å². The van der Waals surface area contributed by atoms with Crippen LogP contribution in [0.1, 0.15) is 32.8 Å². The third-order valence-corrected chi connectivity index (χ3v) is 3.40. The fraction of sp³-hybridized carbons (Fsp3) is 0.600. The highest BCUT2D eigenvalue weighted by molar-refractivity contribution is 6.33. The van der Waals surface area contributed by atoms with E-state index in [4.69, 9.17) is 17.3 Å². The topological polar surface area (TPSA) is 29.3 Å². The van der Waals surface area contributed by atoms with Crippen molar-refractivity contribution in [1.82, 2.24) is 0 Å². The lowest BCUT2D eigenvalue weighted by Gasteiger charge is -2.26. The van der Waals surface area contributed by atoms with Gasteiger partial charge in [-0.05, 0) is 30.4 Å². The van der Waals surface area contributed by atoms with Crippen LogP contribution >= 0.6 is 11.6 Å². The second-order valence-electron chi connectivity index (χ2n) is 5.39. The van der Waals surface area contributed by atoms with Crippen molar-refractivity contribution in [2.75, 3.05) is 18.5 Å². The van der Waals surface area contributed by atoms with Gasteiger partial charge >= 0.3 is 0 Å². The molecule has 0 saturated carbocycles. The van der Waals surface area contributed by atoms with Crippen LogP contribution in [0.3, 0.4) is 0 Å². The predicted octanol–water partition coefficient (Wildman–Crippen LogP) is 3.71. The van der Waals surface area contributed by atoms with Gasteiger partial charge in [0.15, 0.2) is 0 Å². The SMILES string of the molecule is CCC(N)Cc1cccc(Cl)c1N(C)CC(C)C. The number of para-hydroxylation sites is 1. The number of rotatable bonds is 6. The lowest BCUT2D eigenvalue weighted by atomic mass is 10.0. The van der Waals surface area contributed by atoms with Gasteiger partial charge in [0.25, 0.3) is 0 Å². The van der Waals surface area contributed by atoms with Crippen LogP contribution in [0, 0.1) is 5.92 Å². The van der Waals surface area contributed by atoms with Gasteiger partial charge in [0.1, 0.15) is 0 Å². The van der Waals surface area contributed by atoms with E-state index in [1.807, 2.05) is 12.1 Å². The van der Waals surface area contributed by atoms with Gasteiger partial charge in [-0.15, -0.1) is 0 Å². The molecule has 0 bridgehead atoms. The van der Waals surface area contributed by atoms with Crippen LogP contribution in [-0.2, 0) is 6.42 Å². The van der Waals surface area contributed by atoms with Gasteiger partial charge in [0.2, 0.25) is 0 Å². The zero-order chi connectivity index (χ0) is 13.7. The summed E-state index contributed by atoms with van der Waals surface area (Å²) in [5.74, 6) is 0.610. The minimum absolute atomic E-state index is 0.203. The van der Waals surface area contributed by atoms with E-state index in [1.54, 1.807) is 0 Å². The average Bonchev–Trinajstić information content (AvgIpc) is 2.27. The molecule has 0 aromatic heterocycles. The van der Waals surface area contributed by atoms with Crippen LogP contribution in [0.15, 0.2) is 18.2 Å². The normalized spacial score (nSPS) is 12.8. The highest BCUT2D eigenvalue weighted by Gasteiger charge is 2.14. The molecule has 2 nitrogen and oxygen atoms in total. The van der Waals surface area contributed by atoms with Crippen molar-refractivity contribution in [3.05, 3.63) is 28.8 Å². The van der Waals surface area contributed by atoms with E-state index in [0.717, 1.165) is 30.1 Å². The molecule has 0 aliphatic carbocycles. The van der Waals surface area contributed by atoms with Crippen LogP contribution < -0.4 is 10.6 Å².